The lowest BCUT2D eigenvalue weighted by Gasteiger charge is -2.03. The van der Waals surface area contributed by atoms with Crippen LogP contribution in [-0.4, -0.2) is 21.9 Å². The molecule has 0 aliphatic heterocycles. The number of benzene rings is 2. The molecule has 1 heterocycles. The van der Waals surface area contributed by atoms with Gasteiger partial charge < -0.3 is 9.73 Å². The number of anilines is 1. The number of halogens is 1. The molecule has 0 unspecified atom stereocenters. The van der Waals surface area contributed by atoms with Crippen LogP contribution in [0.3, 0.4) is 0 Å². The summed E-state index contributed by atoms with van der Waals surface area (Å²) in [6, 6.07) is 16.2. The molecule has 0 spiro atoms. The topological polar surface area (TPSA) is 91.8 Å². The minimum atomic E-state index is -0.199. The van der Waals surface area contributed by atoms with E-state index in [2.05, 4.69) is 31.4 Å². The van der Waals surface area contributed by atoms with Crippen LogP contribution in [-0.2, 0) is 4.79 Å². The number of carbonyl (C=O) groups excluding carboxylic acids is 1. The molecule has 25 heavy (non-hydrogen) atoms. The van der Waals surface area contributed by atoms with Gasteiger partial charge in [-0.1, -0.05) is 23.9 Å². The van der Waals surface area contributed by atoms with Crippen molar-refractivity contribution >= 4 is 39.3 Å². The van der Waals surface area contributed by atoms with E-state index in [9.17, 15) is 4.79 Å². The van der Waals surface area contributed by atoms with E-state index < -0.39 is 0 Å². The van der Waals surface area contributed by atoms with E-state index in [1.165, 1.54) is 0 Å². The van der Waals surface area contributed by atoms with Gasteiger partial charge in [-0.25, -0.2) is 0 Å². The summed E-state index contributed by atoms with van der Waals surface area (Å²) < 4.78 is 6.43. The van der Waals surface area contributed by atoms with Gasteiger partial charge in [-0.15, -0.1) is 10.2 Å². The number of hydrogen-bond acceptors (Lipinski definition) is 6. The van der Waals surface area contributed by atoms with E-state index in [-0.39, 0.29) is 11.7 Å². The van der Waals surface area contributed by atoms with Gasteiger partial charge in [-0.3, -0.25) is 4.79 Å². The first-order chi connectivity index (χ1) is 12.2. The lowest BCUT2D eigenvalue weighted by molar-refractivity contribution is -0.113. The minimum Gasteiger partial charge on any atom is -0.411 e. The number of carbonyl (C=O) groups is 1. The minimum absolute atomic E-state index is 0.137. The van der Waals surface area contributed by atoms with Crippen molar-refractivity contribution in [2.45, 2.75) is 5.22 Å². The smallest absolute Gasteiger partial charge is 0.277 e. The predicted molar refractivity (Wildman–Crippen MR) is 97.9 cm³/mol. The van der Waals surface area contributed by atoms with Crippen LogP contribution in [0.15, 0.2) is 62.6 Å². The average molecular weight is 415 g/mol. The Hall–Kier alpha value is -2.63. The second-order valence-electron chi connectivity index (χ2n) is 4.88. The van der Waals surface area contributed by atoms with Gasteiger partial charge in [0.25, 0.3) is 5.22 Å². The van der Waals surface area contributed by atoms with Gasteiger partial charge in [0.2, 0.25) is 11.8 Å². The summed E-state index contributed by atoms with van der Waals surface area (Å²) in [7, 11) is 0. The molecule has 0 aliphatic rings. The molecule has 3 rings (SSSR count). The van der Waals surface area contributed by atoms with Gasteiger partial charge in [0.05, 0.1) is 22.9 Å². The van der Waals surface area contributed by atoms with Crippen molar-refractivity contribution < 1.29 is 9.21 Å². The molecule has 0 aliphatic carbocycles. The van der Waals surface area contributed by atoms with Crippen molar-refractivity contribution in [2.75, 3.05) is 11.1 Å². The summed E-state index contributed by atoms with van der Waals surface area (Å²) in [5.41, 5.74) is 1.96. The van der Waals surface area contributed by atoms with Crippen molar-refractivity contribution in [1.82, 2.24) is 10.2 Å². The maximum Gasteiger partial charge on any atom is 0.277 e. The molecule has 8 heteroatoms. The summed E-state index contributed by atoms with van der Waals surface area (Å²) in [5.74, 6) is 0.329. The second-order valence-corrected chi connectivity index (χ2v) is 6.66. The Morgan fingerprint density at radius 1 is 1.20 bits per heavy atom. The van der Waals surface area contributed by atoms with Crippen LogP contribution < -0.4 is 5.32 Å². The zero-order chi connectivity index (χ0) is 17.6. The molecule has 0 bridgehead atoms. The first kappa shape index (κ1) is 17.2. The Bertz CT molecular complexity index is 934. The third kappa shape index (κ3) is 4.47. The Morgan fingerprint density at radius 3 is 2.68 bits per heavy atom. The highest BCUT2D eigenvalue weighted by atomic mass is 79.9. The Kier molecular flexibility index (Phi) is 5.48. The van der Waals surface area contributed by atoms with Gasteiger partial charge in [-0.05, 0) is 52.3 Å². The van der Waals surface area contributed by atoms with Crippen molar-refractivity contribution in [1.29, 1.82) is 5.26 Å². The summed E-state index contributed by atoms with van der Waals surface area (Å²) >= 11 is 4.59. The van der Waals surface area contributed by atoms with Crippen molar-refractivity contribution in [2.24, 2.45) is 0 Å². The van der Waals surface area contributed by atoms with Crippen LogP contribution in [0, 0.1) is 11.3 Å². The van der Waals surface area contributed by atoms with Crippen LogP contribution in [0.4, 0.5) is 5.69 Å². The maximum absolute atomic E-state index is 12.0. The molecule has 0 saturated heterocycles. The molecule has 124 valence electrons. The van der Waals surface area contributed by atoms with Crippen LogP contribution in [0.1, 0.15) is 5.56 Å². The fourth-order valence-electron chi connectivity index (χ4n) is 1.96. The first-order valence-corrected chi connectivity index (χ1v) is 8.95. The number of nitriles is 1. The van der Waals surface area contributed by atoms with E-state index in [1.54, 1.807) is 24.3 Å². The molecule has 2 aromatic carbocycles. The lowest BCUT2D eigenvalue weighted by Crippen LogP contribution is -2.13. The monoisotopic (exact) mass is 414 g/mol. The number of nitrogens with zero attached hydrogens (tertiary/aromatic N) is 3. The maximum atomic E-state index is 12.0. The molecule has 0 saturated carbocycles. The molecule has 1 amide bonds. The van der Waals surface area contributed by atoms with Gasteiger partial charge in [0.15, 0.2) is 0 Å². The molecule has 0 atom stereocenters. The molecule has 1 aromatic heterocycles. The SMILES string of the molecule is N#Cc1ccc(NC(=O)CSc2nnc(-c3ccccc3Br)o2)cc1. The molecule has 3 aromatic rings. The van der Waals surface area contributed by atoms with Crippen molar-refractivity contribution in [3.05, 3.63) is 58.6 Å². The number of amides is 1. The molecular weight excluding hydrogens is 404 g/mol. The molecular formula is C17H11BrN4O2S. The standard InChI is InChI=1S/C17H11BrN4O2S/c18-14-4-2-1-3-13(14)16-21-22-17(24-16)25-10-15(23)20-12-7-5-11(9-19)6-8-12/h1-8H,10H2,(H,20,23). The summed E-state index contributed by atoms with van der Waals surface area (Å²) in [6.45, 7) is 0. The van der Waals surface area contributed by atoms with Crippen LogP contribution in [0.25, 0.3) is 11.5 Å². The van der Waals surface area contributed by atoms with E-state index in [1.807, 2.05) is 30.3 Å². The molecule has 0 radical (unpaired) electrons. The highest BCUT2D eigenvalue weighted by Gasteiger charge is 2.13. The predicted octanol–water partition coefficient (Wildman–Crippen LogP) is 4.10. The highest BCUT2D eigenvalue weighted by Crippen LogP contribution is 2.28. The number of thioether (sulfide) groups is 1. The zero-order valence-corrected chi connectivity index (χ0v) is 15.2. The number of rotatable bonds is 5. The van der Waals surface area contributed by atoms with E-state index in [4.69, 9.17) is 9.68 Å². The third-order valence-electron chi connectivity index (χ3n) is 3.14. The van der Waals surface area contributed by atoms with Gasteiger partial charge in [-0.2, -0.15) is 5.26 Å². The fourth-order valence-corrected chi connectivity index (χ4v) is 2.98. The average Bonchev–Trinajstić information content (AvgIpc) is 3.10. The quantitative estimate of drug-likeness (QED) is 0.631. The number of nitrogens with one attached hydrogen (secondary N) is 1. The zero-order valence-electron chi connectivity index (χ0n) is 12.8. The molecule has 0 fully saturated rings. The molecule has 1 N–H and O–H groups in total. The van der Waals surface area contributed by atoms with Gasteiger partial charge >= 0.3 is 0 Å². The van der Waals surface area contributed by atoms with E-state index in [0.29, 0.717) is 22.4 Å². The Morgan fingerprint density at radius 2 is 1.96 bits per heavy atom. The van der Waals surface area contributed by atoms with Crippen LogP contribution >= 0.6 is 27.7 Å². The summed E-state index contributed by atoms with van der Waals surface area (Å²) in [6.07, 6.45) is 0. The summed E-state index contributed by atoms with van der Waals surface area (Å²) in [4.78, 5) is 12.0. The highest BCUT2D eigenvalue weighted by molar-refractivity contribution is 9.10. The van der Waals surface area contributed by atoms with Crippen LogP contribution in [0.5, 0.6) is 0 Å². The van der Waals surface area contributed by atoms with Crippen molar-refractivity contribution in [3.63, 3.8) is 0 Å². The second kappa shape index (κ2) is 7.96. The Labute approximate surface area is 156 Å². The van der Waals surface area contributed by atoms with E-state index in [0.717, 1.165) is 21.8 Å². The van der Waals surface area contributed by atoms with Gasteiger partial charge in [0.1, 0.15) is 0 Å². The summed E-state index contributed by atoms with van der Waals surface area (Å²) in [5, 5.41) is 19.8. The van der Waals surface area contributed by atoms with Crippen molar-refractivity contribution in [3.8, 4) is 17.5 Å². The largest absolute Gasteiger partial charge is 0.411 e. The number of hydrogen-bond donors (Lipinski definition) is 1. The number of aromatic nitrogens is 2. The van der Waals surface area contributed by atoms with Gasteiger partial charge in [0, 0.05) is 10.2 Å². The third-order valence-corrected chi connectivity index (χ3v) is 4.65. The van der Waals surface area contributed by atoms with Crippen LogP contribution in [0.2, 0.25) is 0 Å². The molecule has 6 nitrogen and oxygen atoms in total. The fraction of sp³-hybridized carbons (Fsp3) is 0.0588. The first-order valence-electron chi connectivity index (χ1n) is 7.17. The normalized spacial score (nSPS) is 10.2. The Balaban J connectivity index is 1.57. The van der Waals surface area contributed by atoms with E-state index >= 15 is 0 Å². The lowest BCUT2D eigenvalue weighted by atomic mass is 10.2.